The largest absolute Gasteiger partial charge is 0.490 e. The van der Waals surface area contributed by atoms with Crippen molar-refractivity contribution in [1.82, 2.24) is 14.1 Å². The molecule has 2 aromatic carbocycles. The quantitative estimate of drug-likeness (QED) is 0.424. The van der Waals surface area contributed by atoms with Gasteiger partial charge in [-0.2, -0.15) is 4.98 Å². The van der Waals surface area contributed by atoms with Crippen molar-refractivity contribution in [1.29, 1.82) is 0 Å². The van der Waals surface area contributed by atoms with Gasteiger partial charge in [0.2, 0.25) is 5.95 Å². The molecule has 34 heavy (non-hydrogen) atoms. The zero-order valence-corrected chi connectivity index (χ0v) is 19.5. The molecule has 0 aliphatic carbocycles. The number of rotatable bonds is 9. The molecule has 0 radical (unpaired) electrons. The first-order chi connectivity index (χ1) is 16.4. The van der Waals surface area contributed by atoms with E-state index in [9.17, 15) is 19.8 Å². The van der Waals surface area contributed by atoms with Gasteiger partial charge in [0.1, 0.15) is 11.9 Å². The molecule has 0 spiro atoms. The summed E-state index contributed by atoms with van der Waals surface area (Å²) in [7, 11) is 0. The Hall–Kier alpha value is -3.14. The minimum absolute atomic E-state index is 0.0941. The number of aliphatic hydroxyl groups excluding tert-OH is 2. The lowest BCUT2D eigenvalue weighted by atomic mass is 10.1. The lowest BCUT2D eigenvalue weighted by Crippen LogP contribution is -2.44. The van der Waals surface area contributed by atoms with Crippen LogP contribution in [0.3, 0.4) is 0 Å². The molecule has 4 rings (SSSR count). The Bertz CT molecular complexity index is 1270. The van der Waals surface area contributed by atoms with Crippen LogP contribution in [0.15, 0.2) is 52.1 Å². The van der Waals surface area contributed by atoms with E-state index in [1.54, 1.807) is 24.3 Å². The highest BCUT2D eigenvalue weighted by Crippen LogP contribution is 2.32. The molecule has 0 bridgehead atoms. The molecule has 3 N–H and O–H groups in total. The van der Waals surface area contributed by atoms with E-state index in [2.05, 4.69) is 17.2 Å². The zero-order chi connectivity index (χ0) is 24.2. The van der Waals surface area contributed by atoms with Crippen molar-refractivity contribution in [2.45, 2.75) is 39.0 Å². The Morgan fingerprint density at radius 1 is 1.15 bits per heavy atom. The Morgan fingerprint density at radius 2 is 1.88 bits per heavy atom. The first-order valence-electron chi connectivity index (χ1n) is 11.2. The van der Waals surface area contributed by atoms with Gasteiger partial charge in [-0.05, 0) is 47.9 Å². The minimum Gasteiger partial charge on any atom is -0.490 e. The topological polar surface area (TPSA) is 119 Å². The number of nitrogens with one attached hydrogen (secondary N) is 1. The molecule has 1 atom stereocenters. The van der Waals surface area contributed by atoms with Crippen LogP contribution >= 0.6 is 11.6 Å². The number of hydrogen-bond donors (Lipinski definition) is 3. The Labute approximate surface area is 201 Å². The number of hydrogen-bond acceptors (Lipinski definition) is 7. The van der Waals surface area contributed by atoms with E-state index in [0.29, 0.717) is 10.7 Å². The van der Waals surface area contributed by atoms with Gasteiger partial charge in [-0.25, -0.2) is 14.2 Å². The fourth-order valence-corrected chi connectivity index (χ4v) is 4.01. The van der Waals surface area contributed by atoms with Gasteiger partial charge < -0.3 is 20.3 Å². The smallest absolute Gasteiger partial charge is 0.354 e. The first kappa shape index (κ1) is 24.0. The summed E-state index contributed by atoms with van der Waals surface area (Å²) in [6.07, 6.45) is 1.83. The molecular formula is C24H27ClN4O5. The van der Waals surface area contributed by atoms with Gasteiger partial charge >= 0.3 is 11.4 Å². The van der Waals surface area contributed by atoms with Gasteiger partial charge in [0.25, 0.3) is 0 Å². The summed E-state index contributed by atoms with van der Waals surface area (Å²) in [5, 5.41) is 22.5. The van der Waals surface area contributed by atoms with Gasteiger partial charge in [-0.15, -0.1) is 0 Å². The zero-order valence-electron chi connectivity index (χ0n) is 18.8. The van der Waals surface area contributed by atoms with Crippen LogP contribution in [0.5, 0.6) is 5.75 Å². The number of halogens is 1. The summed E-state index contributed by atoms with van der Waals surface area (Å²) >= 11 is 5.99. The number of aliphatic hydroxyl groups is 2. The van der Waals surface area contributed by atoms with Gasteiger partial charge in [0.05, 0.1) is 6.54 Å². The van der Waals surface area contributed by atoms with Gasteiger partial charge in [0.15, 0.2) is 0 Å². The van der Waals surface area contributed by atoms with Crippen molar-refractivity contribution in [3.63, 3.8) is 0 Å². The summed E-state index contributed by atoms with van der Waals surface area (Å²) in [5.41, 5.74) is 1.15. The van der Waals surface area contributed by atoms with Crippen molar-refractivity contribution in [3.05, 3.63) is 79.6 Å². The predicted molar refractivity (Wildman–Crippen MR) is 129 cm³/mol. The van der Waals surface area contributed by atoms with Crippen LogP contribution in [0.25, 0.3) is 0 Å². The van der Waals surface area contributed by atoms with Crippen LogP contribution in [-0.2, 0) is 19.5 Å². The lowest BCUT2D eigenvalue weighted by molar-refractivity contribution is 0.134. The summed E-state index contributed by atoms with van der Waals surface area (Å²) in [6, 6.07) is 12.6. The highest BCUT2D eigenvalue weighted by Gasteiger charge is 2.22. The summed E-state index contributed by atoms with van der Waals surface area (Å²) in [6.45, 7) is 1.33. The van der Waals surface area contributed by atoms with Crippen molar-refractivity contribution in [2.75, 3.05) is 18.5 Å². The van der Waals surface area contributed by atoms with Crippen LogP contribution in [0, 0.1) is 5.92 Å². The fraction of sp³-hybridized carbons (Fsp3) is 0.375. The van der Waals surface area contributed by atoms with E-state index in [1.165, 1.54) is 4.57 Å². The number of benzene rings is 2. The second kappa shape index (κ2) is 10.4. The SMILES string of the molecule is CCC1Cc2cc(Nc3nc(=O)n(CC(CO)CO)c(=O)n3Cc3ccc(Cl)cc3)ccc2O1. The van der Waals surface area contributed by atoms with E-state index >= 15 is 0 Å². The number of aromatic nitrogens is 3. The van der Waals surface area contributed by atoms with Crippen LogP contribution in [0.1, 0.15) is 24.5 Å². The summed E-state index contributed by atoms with van der Waals surface area (Å²) in [4.78, 5) is 30.2. The Morgan fingerprint density at radius 3 is 2.56 bits per heavy atom. The van der Waals surface area contributed by atoms with E-state index in [0.717, 1.165) is 34.3 Å². The molecule has 1 aliphatic heterocycles. The lowest BCUT2D eigenvalue weighted by Gasteiger charge is -2.18. The summed E-state index contributed by atoms with van der Waals surface area (Å²) < 4.78 is 8.17. The van der Waals surface area contributed by atoms with E-state index in [1.807, 2.05) is 18.2 Å². The average Bonchev–Trinajstić information content (AvgIpc) is 3.25. The van der Waals surface area contributed by atoms with Crippen LogP contribution in [-0.4, -0.2) is 43.6 Å². The third kappa shape index (κ3) is 5.16. The van der Waals surface area contributed by atoms with Gasteiger partial charge in [-0.1, -0.05) is 30.7 Å². The fourth-order valence-electron chi connectivity index (χ4n) is 3.88. The molecule has 1 aromatic heterocycles. The van der Waals surface area contributed by atoms with E-state index in [-0.39, 0.29) is 38.4 Å². The van der Waals surface area contributed by atoms with E-state index in [4.69, 9.17) is 16.3 Å². The highest BCUT2D eigenvalue weighted by atomic mass is 35.5. The number of nitrogens with zero attached hydrogens (tertiary/aromatic N) is 3. The van der Waals surface area contributed by atoms with Gasteiger partial charge in [0, 0.05) is 42.8 Å². The molecule has 180 valence electrons. The average molecular weight is 487 g/mol. The van der Waals surface area contributed by atoms with Crippen molar-refractivity contribution in [2.24, 2.45) is 5.92 Å². The Balaban J connectivity index is 1.73. The molecule has 1 aliphatic rings. The molecule has 9 nitrogen and oxygen atoms in total. The molecule has 0 amide bonds. The third-order valence-electron chi connectivity index (χ3n) is 5.87. The molecule has 3 aromatic rings. The van der Waals surface area contributed by atoms with Crippen LogP contribution in [0.2, 0.25) is 5.02 Å². The minimum atomic E-state index is -0.762. The molecule has 0 fully saturated rings. The molecule has 10 heteroatoms. The summed E-state index contributed by atoms with van der Waals surface area (Å²) in [5.74, 6) is 0.272. The van der Waals surface area contributed by atoms with Crippen LogP contribution < -0.4 is 21.4 Å². The monoisotopic (exact) mass is 486 g/mol. The molecule has 2 heterocycles. The Kier molecular flexibility index (Phi) is 7.35. The third-order valence-corrected chi connectivity index (χ3v) is 6.13. The number of fused-ring (bicyclic) bond motifs is 1. The molecule has 0 saturated heterocycles. The van der Waals surface area contributed by atoms with Crippen LogP contribution in [0.4, 0.5) is 11.6 Å². The van der Waals surface area contributed by atoms with Crippen molar-refractivity contribution >= 4 is 23.2 Å². The number of anilines is 2. The number of ether oxygens (including phenoxy) is 1. The predicted octanol–water partition coefficient (Wildman–Crippen LogP) is 2.16. The first-order valence-corrected chi connectivity index (χ1v) is 11.5. The maximum atomic E-state index is 13.3. The van der Waals surface area contributed by atoms with Gasteiger partial charge in [-0.3, -0.25) is 4.57 Å². The van der Waals surface area contributed by atoms with Crippen molar-refractivity contribution < 1.29 is 14.9 Å². The molecule has 0 saturated carbocycles. The second-order valence-corrected chi connectivity index (χ2v) is 8.79. The highest BCUT2D eigenvalue weighted by molar-refractivity contribution is 6.30. The normalized spacial score (nSPS) is 14.8. The standard InChI is InChI=1S/C24H27ClN4O5/c1-2-20-10-17-9-19(7-8-21(17)34-20)26-22-27-23(32)29(12-16(13-30)14-31)24(33)28(22)11-15-3-5-18(25)6-4-15/h3-9,16,20,30-31H,2,10-14H2,1H3,(H,26,27,32). The maximum Gasteiger partial charge on any atom is 0.354 e. The maximum absolute atomic E-state index is 13.3. The van der Waals surface area contributed by atoms with Crippen molar-refractivity contribution in [3.8, 4) is 5.75 Å². The van der Waals surface area contributed by atoms with E-state index < -0.39 is 17.3 Å². The molecule has 1 unspecified atom stereocenters. The second-order valence-electron chi connectivity index (χ2n) is 8.35. The molecular weight excluding hydrogens is 460 g/mol.